The van der Waals surface area contributed by atoms with Gasteiger partial charge in [-0.15, -0.1) is 22.7 Å². The van der Waals surface area contributed by atoms with E-state index in [-0.39, 0.29) is 5.84 Å². The van der Waals surface area contributed by atoms with Crippen molar-refractivity contribution in [1.82, 2.24) is 9.78 Å². The van der Waals surface area contributed by atoms with Gasteiger partial charge in [-0.3, -0.25) is 5.41 Å². The molecular formula is C52H33N5S2. The van der Waals surface area contributed by atoms with Crippen molar-refractivity contribution in [3.05, 3.63) is 205 Å². The van der Waals surface area contributed by atoms with Gasteiger partial charge in [-0.25, -0.2) is 14.7 Å². The molecule has 3 heterocycles. The van der Waals surface area contributed by atoms with Crippen LogP contribution in [0.5, 0.6) is 0 Å². The number of thiophene rings is 2. The second-order valence-corrected chi connectivity index (χ2v) is 16.5. The third kappa shape index (κ3) is 6.24. The Kier molecular flexibility index (Phi) is 8.61. The van der Waals surface area contributed by atoms with Gasteiger partial charge < -0.3 is 0 Å². The van der Waals surface area contributed by atoms with Gasteiger partial charge in [0, 0.05) is 68.6 Å². The number of fused-ring (bicyclic) bond motifs is 7. The van der Waals surface area contributed by atoms with E-state index in [2.05, 4.69) is 152 Å². The second-order valence-electron chi connectivity index (χ2n) is 14.4. The summed E-state index contributed by atoms with van der Waals surface area (Å²) in [5.74, 6) is 0.662. The molecule has 0 amide bonds. The summed E-state index contributed by atoms with van der Waals surface area (Å²) in [6.45, 7) is 0. The van der Waals surface area contributed by atoms with Gasteiger partial charge in [0.25, 0.3) is 0 Å². The summed E-state index contributed by atoms with van der Waals surface area (Å²) in [7, 11) is 0. The first-order valence-electron chi connectivity index (χ1n) is 19.4. The van der Waals surface area contributed by atoms with Gasteiger partial charge in [0.2, 0.25) is 0 Å². The molecule has 0 saturated heterocycles. The van der Waals surface area contributed by atoms with Crippen molar-refractivity contribution >= 4 is 91.8 Å². The molecule has 11 aromatic rings. The lowest BCUT2D eigenvalue weighted by Gasteiger charge is -2.07. The zero-order valence-corrected chi connectivity index (χ0v) is 33.2. The zero-order chi connectivity index (χ0) is 39.3. The van der Waals surface area contributed by atoms with Crippen LogP contribution in [0.25, 0.3) is 79.3 Å². The highest BCUT2D eigenvalue weighted by atomic mass is 32.1. The van der Waals surface area contributed by atoms with Crippen molar-refractivity contribution in [3.8, 4) is 28.1 Å². The quantitative estimate of drug-likeness (QED) is 0.132. The lowest BCUT2D eigenvalue weighted by atomic mass is 10.0. The highest BCUT2D eigenvalue weighted by Crippen LogP contribution is 2.39. The number of nitrogens with one attached hydrogen (secondary N) is 1. The van der Waals surface area contributed by atoms with E-state index in [9.17, 15) is 5.41 Å². The fourth-order valence-corrected chi connectivity index (χ4v) is 10.4. The SMILES string of the molecule is N=C(N=C(N=Cc1cccc(-c2nn(-c3ccccc3)c3ccc(-c4ccccc4)cc23)c1)c1cccc2c1sc1ccccc12)c1cccc2c1sc1ccccc12. The van der Waals surface area contributed by atoms with Gasteiger partial charge >= 0.3 is 0 Å². The van der Waals surface area contributed by atoms with Crippen LogP contribution in [0.4, 0.5) is 0 Å². The maximum atomic E-state index is 9.48. The number of amidine groups is 2. The molecule has 3 aromatic heterocycles. The molecule has 0 spiro atoms. The average molecular weight is 792 g/mol. The molecule has 0 aliphatic carbocycles. The maximum absolute atomic E-state index is 9.48. The summed E-state index contributed by atoms with van der Waals surface area (Å²) in [5, 5.41) is 20.5. The predicted octanol–water partition coefficient (Wildman–Crippen LogP) is 14.0. The van der Waals surface area contributed by atoms with E-state index in [4.69, 9.17) is 15.1 Å². The monoisotopic (exact) mass is 791 g/mol. The van der Waals surface area contributed by atoms with E-state index in [1.807, 2.05) is 47.3 Å². The average Bonchev–Trinajstić information content (AvgIpc) is 4.00. The molecular weight excluding hydrogens is 759 g/mol. The lowest BCUT2D eigenvalue weighted by Crippen LogP contribution is -2.05. The molecule has 1 N–H and O–H groups in total. The molecule has 0 bridgehead atoms. The van der Waals surface area contributed by atoms with Crippen molar-refractivity contribution in [2.45, 2.75) is 0 Å². The van der Waals surface area contributed by atoms with E-state index in [1.54, 1.807) is 22.7 Å². The Hall–Kier alpha value is -7.32. The molecule has 8 aromatic carbocycles. The number of aromatic nitrogens is 2. The van der Waals surface area contributed by atoms with Crippen LogP contribution in [0, 0.1) is 5.41 Å². The summed E-state index contributed by atoms with van der Waals surface area (Å²) in [6, 6.07) is 65.0. The Bertz CT molecular complexity index is 3460. The van der Waals surface area contributed by atoms with Crippen LogP contribution in [0.1, 0.15) is 16.7 Å². The van der Waals surface area contributed by atoms with Crippen molar-refractivity contribution < 1.29 is 0 Å². The van der Waals surface area contributed by atoms with Crippen LogP contribution in [0.3, 0.4) is 0 Å². The first-order valence-corrected chi connectivity index (χ1v) is 21.1. The fraction of sp³-hybridized carbons (Fsp3) is 0. The standard InChI is InChI=1S/C52H33N5S2/c53-51(42-24-12-22-40-38-20-7-9-26-46(38)58-49(40)42)55-52(43-25-13-23-41-39-21-8-10-27-47(39)59-50(41)43)54-32-33-14-11-17-36(30-33)48-44-31-35(34-15-3-1-4-16-34)28-29-45(44)57(56-48)37-18-5-2-6-19-37/h1-32,53H. The van der Waals surface area contributed by atoms with Gasteiger partial charge in [-0.1, -0.05) is 133 Å². The third-order valence-electron chi connectivity index (χ3n) is 10.8. The second kappa shape index (κ2) is 14.6. The number of hydrogen-bond acceptors (Lipinski definition) is 4. The predicted molar refractivity (Wildman–Crippen MR) is 252 cm³/mol. The van der Waals surface area contributed by atoms with Crippen LogP contribution in [0.15, 0.2) is 198 Å². The molecule has 11 rings (SSSR count). The highest BCUT2D eigenvalue weighted by molar-refractivity contribution is 7.26. The lowest BCUT2D eigenvalue weighted by molar-refractivity contribution is 0.915. The Morgan fingerprint density at radius 1 is 0.508 bits per heavy atom. The van der Waals surface area contributed by atoms with Gasteiger partial charge in [0.1, 0.15) is 5.69 Å². The van der Waals surface area contributed by atoms with Crippen molar-refractivity contribution in [3.63, 3.8) is 0 Å². The van der Waals surface area contributed by atoms with Crippen molar-refractivity contribution in [1.29, 1.82) is 5.41 Å². The molecule has 278 valence electrons. The molecule has 5 nitrogen and oxygen atoms in total. The van der Waals surface area contributed by atoms with E-state index in [0.717, 1.165) is 75.8 Å². The Morgan fingerprint density at radius 2 is 1.10 bits per heavy atom. The minimum absolute atomic E-state index is 0.174. The molecule has 0 aliphatic rings. The van der Waals surface area contributed by atoms with Crippen LogP contribution in [0.2, 0.25) is 0 Å². The fourth-order valence-electron chi connectivity index (χ4n) is 7.99. The zero-order valence-electron chi connectivity index (χ0n) is 31.6. The molecule has 0 fully saturated rings. The normalized spacial score (nSPS) is 12.2. The number of nitrogens with zero attached hydrogens (tertiary/aromatic N) is 4. The summed E-state index contributed by atoms with van der Waals surface area (Å²) in [6.07, 6.45) is 1.87. The molecule has 0 radical (unpaired) electrons. The number of hydrogen-bond donors (Lipinski definition) is 1. The number of para-hydroxylation sites is 1. The van der Waals surface area contributed by atoms with Gasteiger partial charge in [0.05, 0.1) is 11.2 Å². The Balaban J connectivity index is 1.05. The molecule has 0 unspecified atom stereocenters. The molecule has 0 atom stereocenters. The minimum atomic E-state index is 0.174. The van der Waals surface area contributed by atoms with Crippen molar-refractivity contribution in [2.24, 2.45) is 9.98 Å². The van der Waals surface area contributed by atoms with Gasteiger partial charge in [-0.05, 0) is 71.3 Å². The number of rotatable bonds is 6. The third-order valence-corrected chi connectivity index (χ3v) is 13.2. The van der Waals surface area contributed by atoms with Crippen LogP contribution in [-0.4, -0.2) is 27.7 Å². The van der Waals surface area contributed by atoms with Gasteiger partial charge in [0.15, 0.2) is 11.7 Å². The molecule has 0 aliphatic heterocycles. The van der Waals surface area contributed by atoms with E-state index in [1.165, 1.54) is 20.2 Å². The number of benzene rings is 8. The molecule has 0 saturated carbocycles. The first kappa shape index (κ1) is 34.9. The Morgan fingerprint density at radius 3 is 1.83 bits per heavy atom. The van der Waals surface area contributed by atoms with Gasteiger partial charge in [-0.2, -0.15) is 5.10 Å². The van der Waals surface area contributed by atoms with E-state index < -0.39 is 0 Å². The van der Waals surface area contributed by atoms with Crippen LogP contribution >= 0.6 is 22.7 Å². The summed E-state index contributed by atoms with van der Waals surface area (Å²) >= 11 is 3.43. The number of aliphatic imine (C=N–C) groups is 2. The summed E-state index contributed by atoms with van der Waals surface area (Å²) in [5.41, 5.74) is 8.77. The summed E-state index contributed by atoms with van der Waals surface area (Å²) < 4.78 is 6.57. The largest absolute Gasteiger partial charge is 0.282 e. The minimum Gasteiger partial charge on any atom is -0.282 e. The Labute approximate surface area is 348 Å². The van der Waals surface area contributed by atoms with E-state index in [0.29, 0.717) is 5.84 Å². The van der Waals surface area contributed by atoms with E-state index >= 15 is 0 Å². The topological polar surface area (TPSA) is 66.4 Å². The maximum Gasteiger partial charge on any atom is 0.163 e. The first-order chi connectivity index (χ1) is 29.2. The van der Waals surface area contributed by atoms with Crippen LogP contribution in [-0.2, 0) is 0 Å². The van der Waals surface area contributed by atoms with Crippen LogP contribution < -0.4 is 0 Å². The summed E-state index contributed by atoms with van der Waals surface area (Å²) in [4.78, 5) is 10.2. The molecule has 7 heteroatoms. The van der Waals surface area contributed by atoms with Crippen molar-refractivity contribution in [2.75, 3.05) is 0 Å². The smallest absolute Gasteiger partial charge is 0.163 e. The molecule has 59 heavy (non-hydrogen) atoms. The highest BCUT2D eigenvalue weighted by Gasteiger charge is 2.18.